The fraction of sp³-hybridized carbons (Fsp3) is 0.429. The first kappa shape index (κ1) is 15.6. The second-order valence-corrected chi connectivity index (χ2v) is 5.39. The van der Waals surface area contributed by atoms with Gasteiger partial charge >= 0.3 is 12.0 Å². The molecular formula is C14H17ClN2O4. The largest absolute Gasteiger partial charge is 0.478 e. The van der Waals surface area contributed by atoms with Crippen molar-refractivity contribution in [3.63, 3.8) is 0 Å². The number of anilines is 1. The number of benzene rings is 1. The van der Waals surface area contributed by atoms with Gasteiger partial charge in [-0.2, -0.15) is 0 Å². The van der Waals surface area contributed by atoms with Crippen molar-refractivity contribution in [1.29, 1.82) is 0 Å². The Balaban J connectivity index is 2.02. The van der Waals surface area contributed by atoms with Crippen molar-refractivity contribution >= 4 is 29.3 Å². The normalized spacial score (nSPS) is 19.0. The van der Waals surface area contributed by atoms with Crippen molar-refractivity contribution in [2.24, 2.45) is 5.92 Å². The van der Waals surface area contributed by atoms with Gasteiger partial charge in [-0.1, -0.05) is 17.7 Å². The summed E-state index contributed by atoms with van der Waals surface area (Å²) in [6.45, 7) is 3.23. The number of hydrogen-bond donors (Lipinski definition) is 3. The van der Waals surface area contributed by atoms with E-state index in [2.05, 4.69) is 10.6 Å². The Kier molecular flexibility index (Phi) is 5.03. The maximum absolute atomic E-state index is 12.0. The van der Waals surface area contributed by atoms with Crippen molar-refractivity contribution in [1.82, 2.24) is 5.32 Å². The van der Waals surface area contributed by atoms with Gasteiger partial charge in [-0.25, -0.2) is 9.59 Å². The van der Waals surface area contributed by atoms with Crippen molar-refractivity contribution in [2.75, 3.05) is 18.5 Å². The molecular weight excluding hydrogens is 296 g/mol. The molecule has 2 atom stereocenters. The van der Waals surface area contributed by atoms with E-state index in [1.54, 1.807) is 6.07 Å². The Hall–Kier alpha value is -1.79. The molecule has 7 heteroatoms. The van der Waals surface area contributed by atoms with Crippen LogP contribution in [0.1, 0.15) is 23.7 Å². The molecule has 2 rings (SSSR count). The first-order valence-electron chi connectivity index (χ1n) is 6.66. The second-order valence-electron chi connectivity index (χ2n) is 4.98. The predicted octanol–water partition coefficient (Wildman–Crippen LogP) is 2.58. The van der Waals surface area contributed by atoms with Crippen LogP contribution in [0, 0.1) is 5.92 Å². The molecule has 2 amide bonds. The number of nitrogens with one attached hydrogen (secondary N) is 2. The minimum atomic E-state index is -1.19. The number of amides is 2. The quantitative estimate of drug-likeness (QED) is 0.797. The molecule has 3 N–H and O–H groups in total. The number of carboxylic acids is 1. The van der Waals surface area contributed by atoms with E-state index in [0.29, 0.717) is 13.2 Å². The van der Waals surface area contributed by atoms with Crippen LogP contribution in [-0.4, -0.2) is 36.4 Å². The maximum Gasteiger partial charge on any atom is 0.339 e. The maximum atomic E-state index is 12.0. The summed E-state index contributed by atoms with van der Waals surface area (Å²) in [6, 6.07) is 4.03. The van der Waals surface area contributed by atoms with Crippen LogP contribution >= 0.6 is 11.6 Å². The zero-order valence-corrected chi connectivity index (χ0v) is 12.3. The van der Waals surface area contributed by atoms with Gasteiger partial charge in [-0.3, -0.25) is 0 Å². The van der Waals surface area contributed by atoms with Gasteiger partial charge in [0.15, 0.2) is 0 Å². The molecule has 1 aliphatic rings. The van der Waals surface area contributed by atoms with E-state index < -0.39 is 12.0 Å². The summed E-state index contributed by atoms with van der Waals surface area (Å²) in [5.74, 6) is -0.915. The lowest BCUT2D eigenvalue weighted by Crippen LogP contribution is -2.41. The summed E-state index contributed by atoms with van der Waals surface area (Å²) in [4.78, 5) is 23.1. The summed E-state index contributed by atoms with van der Waals surface area (Å²) in [5, 5.41) is 14.5. The highest BCUT2D eigenvalue weighted by Gasteiger charge is 2.24. The molecule has 1 saturated heterocycles. The number of carbonyl (C=O) groups excluding carboxylic acids is 1. The molecule has 1 aliphatic heterocycles. The van der Waals surface area contributed by atoms with E-state index in [-0.39, 0.29) is 28.2 Å². The predicted molar refractivity (Wildman–Crippen MR) is 79.0 cm³/mol. The van der Waals surface area contributed by atoms with Crippen LogP contribution < -0.4 is 10.6 Å². The number of carbonyl (C=O) groups is 2. The van der Waals surface area contributed by atoms with Gasteiger partial charge < -0.3 is 20.5 Å². The number of halogens is 1. The van der Waals surface area contributed by atoms with Gasteiger partial charge in [0.25, 0.3) is 0 Å². The summed E-state index contributed by atoms with van der Waals surface area (Å²) >= 11 is 5.85. The summed E-state index contributed by atoms with van der Waals surface area (Å²) in [5.41, 5.74) is 0.0496. The van der Waals surface area contributed by atoms with E-state index in [1.807, 2.05) is 6.92 Å². The van der Waals surface area contributed by atoms with Crippen LogP contribution in [0.3, 0.4) is 0 Å². The molecule has 0 aromatic heterocycles. The van der Waals surface area contributed by atoms with E-state index in [0.717, 1.165) is 6.42 Å². The lowest BCUT2D eigenvalue weighted by molar-refractivity contribution is 0.0698. The zero-order valence-electron chi connectivity index (χ0n) is 11.6. The van der Waals surface area contributed by atoms with Gasteiger partial charge in [0.1, 0.15) is 5.56 Å². The number of urea groups is 1. The van der Waals surface area contributed by atoms with Crippen molar-refractivity contribution in [3.8, 4) is 0 Å². The van der Waals surface area contributed by atoms with Crippen LogP contribution in [0.25, 0.3) is 0 Å². The number of hydrogen-bond acceptors (Lipinski definition) is 3. The molecule has 0 spiro atoms. The monoisotopic (exact) mass is 312 g/mol. The van der Waals surface area contributed by atoms with Gasteiger partial charge in [-0.05, 0) is 25.5 Å². The highest BCUT2D eigenvalue weighted by molar-refractivity contribution is 6.34. The smallest absolute Gasteiger partial charge is 0.339 e. The first-order valence-corrected chi connectivity index (χ1v) is 7.04. The van der Waals surface area contributed by atoms with Crippen LogP contribution in [0.4, 0.5) is 10.5 Å². The topological polar surface area (TPSA) is 87.7 Å². The molecule has 0 saturated carbocycles. The van der Waals surface area contributed by atoms with Gasteiger partial charge in [0.2, 0.25) is 0 Å². The van der Waals surface area contributed by atoms with E-state index in [4.69, 9.17) is 21.4 Å². The average molecular weight is 313 g/mol. The fourth-order valence-corrected chi connectivity index (χ4v) is 2.53. The number of aromatic carboxylic acids is 1. The Labute approximate surface area is 127 Å². The molecule has 1 heterocycles. The third kappa shape index (κ3) is 3.86. The Morgan fingerprint density at radius 2 is 2.24 bits per heavy atom. The second kappa shape index (κ2) is 6.78. The summed E-state index contributed by atoms with van der Waals surface area (Å²) in [7, 11) is 0. The minimum absolute atomic E-state index is 0.0556. The standard InChI is InChI=1S/C14H17ClN2O4/c1-8(9-5-6-21-7-9)16-14(20)17-11-4-2-3-10(15)12(11)13(18)19/h2-4,8-9H,5-7H2,1H3,(H,18,19)(H2,16,17,20). The molecule has 0 bridgehead atoms. The molecule has 114 valence electrons. The van der Waals surface area contributed by atoms with Crippen molar-refractivity contribution < 1.29 is 19.4 Å². The van der Waals surface area contributed by atoms with Gasteiger partial charge in [0.05, 0.1) is 17.3 Å². The van der Waals surface area contributed by atoms with Gasteiger partial charge in [-0.15, -0.1) is 0 Å². The Morgan fingerprint density at radius 1 is 1.48 bits per heavy atom. The number of carboxylic acid groups (broad SMARTS) is 1. The van der Waals surface area contributed by atoms with Crippen LogP contribution in [-0.2, 0) is 4.74 Å². The SMILES string of the molecule is CC(NC(=O)Nc1cccc(Cl)c1C(=O)O)C1CCOC1. The lowest BCUT2D eigenvalue weighted by atomic mass is 10.0. The van der Waals surface area contributed by atoms with Crippen molar-refractivity contribution in [2.45, 2.75) is 19.4 Å². The van der Waals surface area contributed by atoms with Crippen LogP contribution in [0.5, 0.6) is 0 Å². The van der Waals surface area contributed by atoms with Crippen LogP contribution in [0.2, 0.25) is 5.02 Å². The fourth-order valence-electron chi connectivity index (χ4n) is 2.28. The molecule has 1 aromatic carbocycles. The summed E-state index contributed by atoms with van der Waals surface area (Å²) < 4.78 is 5.28. The highest BCUT2D eigenvalue weighted by atomic mass is 35.5. The highest BCUT2D eigenvalue weighted by Crippen LogP contribution is 2.24. The number of rotatable bonds is 4. The Bertz CT molecular complexity index is 544. The molecule has 1 fully saturated rings. The zero-order chi connectivity index (χ0) is 15.4. The number of ether oxygens (including phenoxy) is 1. The molecule has 6 nitrogen and oxygen atoms in total. The first-order chi connectivity index (χ1) is 9.99. The van der Waals surface area contributed by atoms with E-state index in [9.17, 15) is 9.59 Å². The molecule has 0 radical (unpaired) electrons. The molecule has 0 aliphatic carbocycles. The third-order valence-electron chi connectivity index (χ3n) is 3.51. The molecule has 1 aromatic rings. The van der Waals surface area contributed by atoms with E-state index in [1.165, 1.54) is 12.1 Å². The molecule has 2 unspecified atom stereocenters. The van der Waals surface area contributed by atoms with Crippen LogP contribution in [0.15, 0.2) is 18.2 Å². The average Bonchev–Trinajstić information content (AvgIpc) is 2.91. The molecule has 21 heavy (non-hydrogen) atoms. The van der Waals surface area contributed by atoms with E-state index >= 15 is 0 Å². The van der Waals surface area contributed by atoms with Crippen molar-refractivity contribution in [3.05, 3.63) is 28.8 Å². The third-order valence-corrected chi connectivity index (χ3v) is 3.82. The lowest BCUT2D eigenvalue weighted by Gasteiger charge is -2.20. The Morgan fingerprint density at radius 3 is 2.86 bits per heavy atom. The van der Waals surface area contributed by atoms with Gasteiger partial charge in [0, 0.05) is 18.6 Å². The minimum Gasteiger partial charge on any atom is -0.478 e. The summed E-state index contributed by atoms with van der Waals surface area (Å²) in [6.07, 6.45) is 0.902.